The molecule has 0 amide bonds. The van der Waals surface area contributed by atoms with Crippen LogP contribution in [0.25, 0.3) is 0 Å². The molecule has 17 heavy (non-hydrogen) atoms. The SMILES string of the molecule is Cn1nc(C2CCCCC2)nc1CCC(=O)O. The lowest BCUT2D eigenvalue weighted by Gasteiger charge is -2.18. The number of aryl methyl sites for hydroxylation is 2. The van der Waals surface area contributed by atoms with Crippen molar-refractivity contribution >= 4 is 5.97 Å². The van der Waals surface area contributed by atoms with Gasteiger partial charge in [-0.1, -0.05) is 19.3 Å². The zero-order valence-corrected chi connectivity index (χ0v) is 10.2. The fourth-order valence-corrected chi connectivity index (χ4v) is 2.41. The quantitative estimate of drug-likeness (QED) is 0.868. The molecule has 1 aliphatic carbocycles. The van der Waals surface area contributed by atoms with Crippen LogP contribution in [0.3, 0.4) is 0 Å². The maximum atomic E-state index is 10.5. The second-order valence-corrected chi connectivity index (χ2v) is 4.74. The molecule has 1 aromatic rings. The average molecular weight is 237 g/mol. The lowest BCUT2D eigenvalue weighted by Crippen LogP contribution is -2.06. The highest BCUT2D eigenvalue weighted by atomic mass is 16.4. The molecule has 1 saturated carbocycles. The summed E-state index contributed by atoms with van der Waals surface area (Å²) in [6, 6.07) is 0. The first-order valence-electron chi connectivity index (χ1n) is 6.28. The number of hydrogen-bond acceptors (Lipinski definition) is 3. The summed E-state index contributed by atoms with van der Waals surface area (Å²) in [5, 5.41) is 13.1. The van der Waals surface area contributed by atoms with Gasteiger partial charge in [-0.25, -0.2) is 4.98 Å². The van der Waals surface area contributed by atoms with E-state index in [1.165, 1.54) is 32.1 Å². The van der Waals surface area contributed by atoms with Gasteiger partial charge in [0.15, 0.2) is 5.82 Å². The Labute approximate surface area is 101 Å². The van der Waals surface area contributed by atoms with Gasteiger partial charge in [0.1, 0.15) is 5.82 Å². The molecule has 1 fully saturated rings. The molecule has 1 heterocycles. The summed E-state index contributed by atoms with van der Waals surface area (Å²) in [7, 11) is 1.84. The van der Waals surface area contributed by atoms with E-state index >= 15 is 0 Å². The third-order valence-electron chi connectivity index (χ3n) is 3.40. The maximum Gasteiger partial charge on any atom is 0.303 e. The van der Waals surface area contributed by atoms with Crippen molar-refractivity contribution in [3.63, 3.8) is 0 Å². The molecule has 0 aliphatic heterocycles. The van der Waals surface area contributed by atoms with E-state index in [-0.39, 0.29) is 6.42 Å². The van der Waals surface area contributed by atoms with Gasteiger partial charge >= 0.3 is 5.97 Å². The van der Waals surface area contributed by atoms with Gasteiger partial charge in [0, 0.05) is 19.4 Å². The number of hydrogen-bond donors (Lipinski definition) is 1. The van der Waals surface area contributed by atoms with Crippen LogP contribution >= 0.6 is 0 Å². The molecule has 1 aliphatic rings. The van der Waals surface area contributed by atoms with Gasteiger partial charge in [-0.2, -0.15) is 5.10 Å². The van der Waals surface area contributed by atoms with Crippen LogP contribution in [-0.2, 0) is 18.3 Å². The summed E-state index contributed by atoms with van der Waals surface area (Å²) in [6.45, 7) is 0. The first-order chi connectivity index (χ1) is 8.16. The Morgan fingerprint density at radius 1 is 1.41 bits per heavy atom. The van der Waals surface area contributed by atoms with Crippen molar-refractivity contribution in [3.05, 3.63) is 11.6 Å². The first-order valence-corrected chi connectivity index (χ1v) is 6.28. The van der Waals surface area contributed by atoms with Crippen molar-refractivity contribution in [2.45, 2.75) is 50.9 Å². The number of carbonyl (C=O) groups is 1. The Morgan fingerprint density at radius 2 is 2.12 bits per heavy atom. The van der Waals surface area contributed by atoms with Gasteiger partial charge in [-0.05, 0) is 12.8 Å². The normalized spacial score (nSPS) is 17.2. The van der Waals surface area contributed by atoms with E-state index in [2.05, 4.69) is 10.1 Å². The molecule has 0 bridgehead atoms. The van der Waals surface area contributed by atoms with Crippen LogP contribution in [0, 0.1) is 0 Å². The van der Waals surface area contributed by atoms with Crippen molar-refractivity contribution in [3.8, 4) is 0 Å². The van der Waals surface area contributed by atoms with Gasteiger partial charge in [0.2, 0.25) is 0 Å². The monoisotopic (exact) mass is 237 g/mol. The summed E-state index contributed by atoms with van der Waals surface area (Å²) in [6.07, 6.45) is 6.75. The lowest BCUT2D eigenvalue weighted by atomic mass is 9.89. The summed E-state index contributed by atoms with van der Waals surface area (Å²) in [5.74, 6) is 1.39. The molecule has 1 N–H and O–H groups in total. The van der Waals surface area contributed by atoms with Crippen molar-refractivity contribution in [2.24, 2.45) is 7.05 Å². The van der Waals surface area contributed by atoms with E-state index in [0.29, 0.717) is 12.3 Å². The topological polar surface area (TPSA) is 68.0 Å². The Kier molecular flexibility index (Phi) is 3.76. The fourth-order valence-electron chi connectivity index (χ4n) is 2.41. The highest BCUT2D eigenvalue weighted by molar-refractivity contribution is 5.66. The summed E-state index contributed by atoms with van der Waals surface area (Å²) >= 11 is 0. The van der Waals surface area contributed by atoms with E-state index in [0.717, 1.165) is 11.6 Å². The Morgan fingerprint density at radius 3 is 2.76 bits per heavy atom. The Hall–Kier alpha value is -1.39. The number of rotatable bonds is 4. The van der Waals surface area contributed by atoms with Gasteiger partial charge in [0.25, 0.3) is 0 Å². The molecule has 0 aromatic carbocycles. The van der Waals surface area contributed by atoms with E-state index in [1.54, 1.807) is 4.68 Å². The fraction of sp³-hybridized carbons (Fsp3) is 0.750. The van der Waals surface area contributed by atoms with E-state index in [4.69, 9.17) is 5.11 Å². The second-order valence-electron chi connectivity index (χ2n) is 4.74. The molecular formula is C12H19N3O2. The number of carboxylic acid groups (broad SMARTS) is 1. The molecule has 2 rings (SSSR count). The zero-order valence-electron chi connectivity index (χ0n) is 10.2. The number of aliphatic carboxylic acids is 1. The highest BCUT2D eigenvalue weighted by Crippen LogP contribution is 2.30. The predicted octanol–water partition coefficient (Wildman–Crippen LogP) is 1.88. The molecule has 5 nitrogen and oxygen atoms in total. The molecule has 0 saturated heterocycles. The Balaban J connectivity index is 2.03. The van der Waals surface area contributed by atoms with E-state index in [1.807, 2.05) is 7.05 Å². The maximum absolute atomic E-state index is 10.5. The van der Waals surface area contributed by atoms with Crippen molar-refractivity contribution in [1.29, 1.82) is 0 Å². The molecule has 5 heteroatoms. The largest absolute Gasteiger partial charge is 0.481 e. The predicted molar refractivity (Wildman–Crippen MR) is 62.8 cm³/mol. The van der Waals surface area contributed by atoms with Crippen LogP contribution in [-0.4, -0.2) is 25.8 Å². The third kappa shape index (κ3) is 3.05. The van der Waals surface area contributed by atoms with Gasteiger partial charge < -0.3 is 5.11 Å². The third-order valence-corrected chi connectivity index (χ3v) is 3.40. The summed E-state index contributed by atoms with van der Waals surface area (Å²) in [4.78, 5) is 15.0. The minimum absolute atomic E-state index is 0.122. The minimum Gasteiger partial charge on any atom is -0.481 e. The van der Waals surface area contributed by atoms with Crippen molar-refractivity contribution < 1.29 is 9.90 Å². The molecular weight excluding hydrogens is 218 g/mol. The average Bonchev–Trinajstić information content (AvgIpc) is 2.69. The standard InChI is InChI=1S/C12H19N3O2/c1-15-10(7-8-11(16)17)13-12(14-15)9-5-3-2-4-6-9/h9H,2-8H2,1H3,(H,16,17). The molecule has 0 radical (unpaired) electrons. The van der Waals surface area contributed by atoms with Crippen molar-refractivity contribution in [2.75, 3.05) is 0 Å². The summed E-state index contributed by atoms with van der Waals surface area (Å²) < 4.78 is 1.73. The molecule has 94 valence electrons. The molecule has 0 spiro atoms. The molecule has 0 unspecified atom stereocenters. The zero-order chi connectivity index (χ0) is 12.3. The second kappa shape index (κ2) is 5.29. The number of aromatic nitrogens is 3. The lowest BCUT2D eigenvalue weighted by molar-refractivity contribution is -0.137. The van der Waals surface area contributed by atoms with Crippen LogP contribution in [0.4, 0.5) is 0 Å². The van der Waals surface area contributed by atoms with E-state index in [9.17, 15) is 4.79 Å². The first kappa shape index (κ1) is 12.1. The van der Waals surface area contributed by atoms with Crippen LogP contribution in [0.2, 0.25) is 0 Å². The van der Waals surface area contributed by atoms with Crippen LogP contribution in [0.1, 0.15) is 56.1 Å². The number of carboxylic acids is 1. The van der Waals surface area contributed by atoms with Gasteiger partial charge in [0.05, 0.1) is 6.42 Å². The smallest absolute Gasteiger partial charge is 0.303 e. The van der Waals surface area contributed by atoms with Gasteiger partial charge in [-0.3, -0.25) is 9.48 Å². The van der Waals surface area contributed by atoms with E-state index < -0.39 is 5.97 Å². The molecule has 0 atom stereocenters. The molecule has 1 aromatic heterocycles. The minimum atomic E-state index is -0.785. The number of nitrogens with zero attached hydrogens (tertiary/aromatic N) is 3. The Bertz CT molecular complexity index is 394. The van der Waals surface area contributed by atoms with Gasteiger partial charge in [-0.15, -0.1) is 0 Å². The van der Waals surface area contributed by atoms with Crippen LogP contribution in [0.15, 0.2) is 0 Å². The van der Waals surface area contributed by atoms with Crippen LogP contribution < -0.4 is 0 Å². The van der Waals surface area contributed by atoms with Crippen LogP contribution in [0.5, 0.6) is 0 Å². The summed E-state index contributed by atoms with van der Waals surface area (Å²) in [5.41, 5.74) is 0. The highest BCUT2D eigenvalue weighted by Gasteiger charge is 2.20. The van der Waals surface area contributed by atoms with Crippen molar-refractivity contribution in [1.82, 2.24) is 14.8 Å².